The Kier molecular flexibility index (Phi) is 3.39. The molecule has 90 valence electrons. The molecule has 4 nitrogen and oxygen atoms in total. The minimum atomic E-state index is -0.450. The summed E-state index contributed by atoms with van der Waals surface area (Å²) in [6.45, 7) is 0.345. The molecule has 0 aromatic carbocycles. The number of halogens is 1. The van der Waals surface area contributed by atoms with Gasteiger partial charge in [0.2, 0.25) is 0 Å². The predicted molar refractivity (Wildman–Crippen MR) is 60.9 cm³/mol. The van der Waals surface area contributed by atoms with Crippen molar-refractivity contribution < 1.29 is 13.9 Å². The normalized spacial score (nSPS) is 10.5. The van der Waals surface area contributed by atoms with E-state index in [9.17, 15) is 4.39 Å². The fraction of sp³-hybridized carbons (Fsp3) is 0.250. The monoisotopic (exact) mass is 236 g/mol. The van der Waals surface area contributed by atoms with E-state index >= 15 is 0 Å². The van der Waals surface area contributed by atoms with Crippen molar-refractivity contribution in [1.82, 2.24) is 4.98 Å². The molecule has 2 rings (SSSR count). The average molecular weight is 236 g/mol. The van der Waals surface area contributed by atoms with Gasteiger partial charge >= 0.3 is 0 Å². The van der Waals surface area contributed by atoms with Gasteiger partial charge < -0.3 is 14.4 Å². The van der Waals surface area contributed by atoms with Crippen LogP contribution in [0.5, 0.6) is 0 Å². The van der Waals surface area contributed by atoms with Gasteiger partial charge in [0.25, 0.3) is 0 Å². The van der Waals surface area contributed by atoms with Crippen molar-refractivity contribution in [2.75, 3.05) is 11.9 Å². The maximum atomic E-state index is 13.0. The lowest BCUT2D eigenvalue weighted by molar-refractivity contribution is 0.281. The van der Waals surface area contributed by atoms with E-state index in [4.69, 9.17) is 9.52 Å². The number of hydrogen-bond donors (Lipinski definition) is 1. The van der Waals surface area contributed by atoms with E-state index in [1.54, 1.807) is 12.5 Å². The first-order valence-corrected chi connectivity index (χ1v) is 5.18. The van der Waals surface area contributed by atoms with Gasteiger partial charge in [-0.2, -0.15) is 0 Å². The van der Waals surface area contributed by atoms with Crippen molar-refractivity contribution >= 4 is 5.82 Å². The van der Waals surface area contributed by atoms with E-state index in [0.717, 1.165) is 11.8 Å². The van der Waals surface area contributed by atoms with Gasteiger partial charge in [0.1, 0.15) is 11.6 Å². The van der Waals surface area contributed by atoms with E-state index in [0.29, 0.717) is 17.9 Å². The lowest BCUT2D eigenvalue weighted by atomic mass is 10.2. The Hall–Kier alpha value is -1.88. The predicted octanol–water partition coefficient (Wildman–Crippen LogP) is 1.94. The number of furan rings is 1. The van der Waals surface area contributed by atoms with Crippen molar-refractivity contribution in [3.8, 4) is 0 Å². The minimum absolute atomic E-state index is 0.240. The van der Waals surface area contributed by atoms with Crippen molar-refractivity contribution in [2.24, 2.45) is 0 Å². The molecule has 1 N–H and O–H groups in total. The third-order valence-electron chi connectivity index (χ3n) is 2.44. The highest BCUT2D eigenvalue weighted by molar-refractivity contribution is 5.46. The van der Waals surface area contributed by atoms with Crippen LogP contribution in [0.3, 0.4) is 0 Å². The van der Waals surface area contributed by atoms with Gasteiger partial charge in [0.15, 0.2) is 0 Å². The van der Waals surface area contributed by atoms with E-state index in [-0.39, 0.29) is 6.61 Å². The second-order valence-corrected chi connectivity index (χ2v) is 3.78. The molecule has 0 fully saturated rings. The quantitative estimate of drug-likeness (QED) is 0.881. The molecule has 0 bridgehead atoms. The van der Waals surface area contributed by atoms with Gasteiger partial charge in [-0.25, -0.2) is 9.37 Å². The molecule has 0 aliphatic heterocycles. The van der Waals surface area contributed by atoms with Crippen LogP contribution in [-0.4, -0.2) is 17.1 Å². The smallest absolute Gasteiger partial charge is 0.142 e. The zero-order valence-corrected chi connectivity index (χ0v) is 9.43. The third-order valence-corrected chi connectivity index (χ3v) is 2.44. The molecule has 0 amide bonds. The Labute approximate surface area is 98.3 Å². The molecule has 0 atom stereocenters. The van der Waals surface area contributed by atoms with Gasteiger partial charge in [-0.15, -0.1) is 0 Å². The summed E-state index contributed by atoms with van der Waals surface area (Å²) >= 11 is 0. The number of pyridine rings is 1. The summed E-state index contributed by atoms with van der Waals surface area (Å²) in [4.78, 5) is 5.82. The summed E-state index contributed by atoms with van der Waals surface area (Å²) < 4.78 is 17.9. The summed E-state index contributed by atoms with van der Waals surface area (Å²) in [5.41, 5.74) is 1.46. The fourth-order valence-corrected chi connectivity index (χ4v) is 1.67. The van der Waals surface area contributed by atoms with Crippen LogP contribution in [0.1, 0.15) is 11.1 Å². The topological polar surface area (TPSA) is 49.5 Å². The summed E-state index contributed by atoms with van der Waals surface area (Å²) in [7, 11) is 1.83. The van der Waals surface area contributed by atoms with Crippen LogP contribution < -0.4 is 4.90 Å². The number of aromatic nitrogens is 1. The molecule has 2 heterocycles. The Bertz CT molecular complexity index is 485. The lowest BCUT2D eigenvalue weighted by Gasteiger charge is -2.19. The number of nitrogens with zero attached hydrogens (tertiary/aromatic N) is 2. The van der Waals surface area contributed by atoms with Crippen molar-refractivity contribution in [3.63, 3.8) is 0 Å². The zero-order chi connectivity index (χ0) is 12.3. The van der Waals surface area contributed by atoms with Crippen LogP contribution in [0.2, 0.25) is 0 Å². The maximum Gasteiger partial charge on any atom is 0.142 e. The van der Waals surface area contributed by atoms with Crippen LogP contribution in [0, 0.1) is 5.82 Å². The first-order valence-electron chi connectivity index (χ1n) is 5.18. The van der Waals surface area contributed by atoms with Gasteiger partial charge in [-0.1, -0.05) is 0 Å². The molecule has 0 unspecified atom stereocenters. The highest BCUT2D eigenvalue weighted by atomic mass is 19.1. The van der Waals surface area contributed by atoms with Gasteiger partial charge in [0, 0.05) is 24.7 Å². The van der Waals surface area contributed by atoms with Crippen molar-refractivity contribution in [1.29, 1.82) is 0 Å². The first-order chi connectivity index (χ1) is 8.20. The molecule has 0 spiro atoms. The Morgan fingerprint density at radius 2 is 2.35 bits per heavy atom. The summed E-state index contributed by atoms with van der Waals surface area (Å²) in [5, 5.41) is 9.17. The first kappa shape index (κ1) is 11.6. The van der Waals surface area contributed by atoms with Gasteiger partial charge in [0.05, 0.1) is 25.3 Å². The van der Waals surface area contributed by atoms with E-state index in [2.05, 4.69) is 4.98 Å². The van der Waals surface area contributed by atoms with Crippen LogP contribution in [-0.2, 0) is 13.2 Å². The summed E-state index contributed by atoms with van der Waals surface area (Å²) in [6, 6.07) is 3.13. The number of anilines is 1. The zero-order valence-electron chi connectivity index (χ0n) is 9.43. The number of aliphatic hydroxyl groups is 1. The summed E-state index contributed by atoms with van der Waals surface area (Å²) in [6.07, 6.45) is 4.37. The maximum absolute atomic E-state index is 13.0. The molecule has 5 heteroatoms. The largest absolute Gasteiger partial charge is 0.472 e. The highest BCUT2D eigenvalue weighted by Gasteiger charge is 2.10. The Balaban J connectivity index is 2.21. The molecule has 17 heavy (non-hydrogen) atoms. The van der Waals surface area contributed by atoms with E-state index in [1.807, 2.05) is 18.0 Å². The van der Waals surface area contributed by atoms with Crippen LogP contribution in [0.4, 0.5) is 10.2 Å². The Morgan fingerprint density at radius 1 is 1.53 bits per heavy atom. The van der Waals surface area contributed by atoms with Crippen LogP contribution in [0.25, 0.3) is 0 Å². The van der Waals surface area contributed by atoms with E-state index < -0.39 is 5.82 Å². The molecular formula is C12H13FN2O2. The molecule has 0 radical (unpaired) electrons. The molecule has 0 aliphatic carbocycles. The molecule has 0 saturated carbocycles. The van der Waals surface area contributed by atoms with E-state index in [1.165, 1.54) is 6.07 Å². The lowest BCUT2D eigenvalue weighted by Crippen LogP contribution is -2.19. The van der Waals surface area contributed by atoms with Gasteiger partial charge in [-0.05, 0) is 12.1 Å². The number of rotatable bonds is 4. The summed E-state index contributed by atoms with van der Waals surface area (Å²) in [5.74, 6) is 0.115. The molecule has 2 aromatic rings. The minimum Gasteiger partial charge on any atom is -0.472 e. The highest BCUT2D eigenvalue weighted by Crippen LogP contribution is 2.19. The second-order valence-electron chi connectivity index (χ2n) is 3.78. The molecule has 0 saturated heterocycles. The molecular weight excluding hydrogens is 223 g/mol. The van der Waals surface area contributed by atoms with Crippen molar-refractivity contribution in [2.45, 2.75) is 13.2 Å². The van der Waals surface area contributed by atoms with Crippen LogP contribution in [0.15, 0.2) is 35.3 Å². The fourth-order valence-electron chi connectivity index (χ4n) is 1.67. The third kappa shape index (κ3) is 2.62. The SMILES string of the molecule is CN(Cc1ccoc1)c1ncc(F)cc1CO. The standard InChI is InChI=1S/C12H13FN2O2/c1-15(6-9-2-3-17-8-9)12-10(7-16)4-11(13)5-14-12/h2-5,8,16H,6-7H2,1H3. The number of aliphatic hydroxyl groups excluding tert-OH is 1. The molecule has 0 aliphatic rings. The number of hydrogen-bond acceptors (Lipinski definition) is 4. The van der Waals surface area contributed by atoms with Crippen molar-refractivity contribution in [3.05, 3.63) is 47.8 Å². The molecule has 2 aromatic heterocycles. The van der Waals surface area contributed by atoms with Gasteiger partial charge in [-0.3, -0.25) is 0 Å². The second kappa shape index (κ2) is 4.97. The van der Waals surface area contributed by atoms with Crippen LogP contribution >= 0.6 is 0 Å². The Morgan fingerprint density at radius 3 is 3.00 bits per heavy atom. The average Bonchev–Trinajstić information content (AvgIpc) is 2.81.